The van der Waals surface area contributed by atoms with Crippen LogP contribution < -0.4 is 16.4 Å². The molecule has 0 radical (unpaired) electrons. The minimum atomic E-state index is -0.723. The Morgan fingerprint density at radius 2 is 1.90 bits per heavy atom. The summed E-state index contributed by atoms with van der Waals surface area (Å²) in [4.78, 5) is 23.0. The minimum Gasteiger partial charge on any atom is -0.364 e. The van der Waals surface area contributed by atoms with Crippen molar-refractivity contribution in [2.24, 2.45) is 12.8 Å². The average Bonchev–Trinajstić information content (AvgIpc) is 2.73. The van der Waals surface area contributed by atoms with Gasteiger partial charge in [-0.3, -0.25) is 9.48 Å². The summed E-state index contributed by atoms with van der Waals surface area (Å²) < 4.78 is 1.38. The first-order valence-electron chi connectivity index (χ1n) is 5.63. The molecule has 0 aliphatic heterocycles. The zero-order valence-corrected chi connectivity index (χ0v) is 11.3. The third-order valence-corrected chi connectivity index (χ3v) is 2.76. The molecular weight excluding hydrogens is 282 g/mol. The second kappa shape index (κ2) is 5.62. The van der Waals surface area contributed by atoms with E-state index < -0.39 is 11.9 Å². The molecule has 0 atom stereocenters. The van der Waals surface area contributed by atoms with E-state index in [9.17, 15) is 9.59 Å². The summed E-state index contributed by atoms with van der Waals surface area (Å²) in [5, 5.41) is 9.33. The van der Waals surface area contributed by atoms with Crippen molar-refractivity contribution in [3.05, 3.63) is 41.2 Å². The molecule has 0 saturated carbocycles. The first-order chi connectivity index (χ1) is 9.47. The summed E-state index contributed by atoms with van der Waals surface area (Å²) in [5.74, 6) is -0.723. The van der Waals surface area contributed by atoms with Crippen LogP contribution in [0.2, 0.25) is 5.02 Å². The molecule has 4 N–H and O–H groups in total. The van der Waals surface area contributed by atoms with Crippen molar-refractivity contribution in [3.63, 3.8) is 0 Å². The van der Waals surface area contributed by atoms with Gasteiger partial charge in [-0.2, -0.15) is 5.10 Å². The van der Waals surface area contributed by atoms with Crippen molar-refractivity contribution in [1.29, 1.82) is 0 Å². The normalized spacial score (nSPS) is 10.1. The third-order valence-electron chi connectivity index (χ3n) is 2.43. The maximum absolute atomic E-state index is 11.8. The number of carbonyl (C=O) groups excluding carboxylic acids is 2. The molecule has 8 heteroatoms. The number of rotatable bonds is 3. The summed E-state index contributed by atoms with van der Waals surface area (Å²) in [5.41, 5.74) is 5.84. The van der Waals surface area contributed by atoms with Crippen molar-refractivity contribution in [1.82, 2.24) is 9.78 Å². The SMILES string of the molecule is Cn1cc(NC(=O)Nc2ccccc2Cl)c(C(N)=O)n1. The fourth-order valence-electron chi connectivity index (χ4n) is 1.60. The monoisotopic (exact) mass is 293 g/mol. The Labute approximate surface area is 119 Å². The molecule has 2 aromatic rings. The van der Waals surface area contributed by atoms with Gasteiger partial charge in [0.15, 0.2) is 5.69 Å². The highest BCUT2D eigenvalue weighted by Crippen LogP contribution is 2.21. The van der Waals surface area contributed by atoms with E-state index in [1.54, 1.807) is 31.3 Å². The number of anilines is 2. The molecule has 104 valence electrons. The lowest BCUT2D eigenvalue weighted by Gasteiger charge is -2.07. The number of nitrogens with zero attached hydrogens (tertiary/aromatic N) is 2. The van der Waals surface area contributed by atoms with Crippen LogP contribution in [0.15, 0.2) is 30.5 Å². The van der Waals surface area contributed by atoms with Crippen LogP contribution in [0, 0.1) is 0 Å². The maximum Gasteiger partial charge on any atom is 0.323 e. The molecule has 1 aromatic heterocycles. The molecule has 0 aliphatic rings. The predicted molar refractivity (Wildman–Crippen MR) is 75.8 cm³/mol. The predicted octanol–water partition coefficient (Wildman–Crippen LogP) is 1.82. The number of aromatic nitrogens is 2. The average molecular weight is 294 g/mol. The Bertz CT molecular complexity index is 668. The number of para-hydroxylation sites is 1. The number of benzene rings is 1. The first kappa shape index (κ1) is 13.9. The molecule has 1 aromatic carbocycles. The highest BCUT2D eigenvalue weighted by molar-refractivity contribution is 6.33. The van der Waals surface area contributed by atoms with Gasteiger partial charge in [0.25, 0.3) is 5.91 Å². The molecular formula is C12H12ClN5O2. The highest BCUT2D eigenvalue weighted by atomic mass is 35.5. The van der Waals surface area contributed by atoms with Gasteiger partial charge < -0.3 is 16.4 Å². The smallest absolute Gasteiger partial charge is 0.323 e. The van der Waals surface area contributed by atoms with Gasteiger partial charge in [-0.15, -0.1) is 0 Å². The Hall–Kier alpha value is -2.54. The molecule has 20 heavy (non-hydrogen) atoms. The van der Waals surface area contributed by atoms with Crippen LogP contribution in [0.3, 0.4) is 0 Å². The number of amides is 3. The molecule has 0 saturated heterocycles. The van der Waals surface area contributed by atoms with Crippen molar-refractivity contribution in [2.75, 3.05) is 10.6 Å². The molecule has 1 heterocycles. The number of primary amides is 1. The molecule has 2 rings (SSSR count). The van der Waals surface area contributed by atoms with Crippen LogP contribution in [-0.2, 0) is 7.05 Å². The van der Waals surface area contributed by atoms with E-state index in [2.05, 4.69) is 15.7 Å². The van der Waals surface area contributed by atoms with Gasteiger partial charge in [-0.05, 0) is 12.1 Å². The van der Waals surface area contributed by atoms with Crippen molar-refractivity contribution in [3.8, 4) is 0 Å². The van der Waals surface area contributed by atoms with Gasteiger partial charge >= 0.3 is 6.03 Å². The minimum absolute atomic E-state index is 0.0122. The van der Waals surface area contributed by atoms with Gasteiger partial charge in [-0.25, -0.2) is 4.79 Å². The maximum atomic E-state index is 11.8. The number of halogens is 1. The van der Waals surface area contributed by atoms with Crippen LogP contribution in [0.4, 0.5) is 16.2 Å². The number of urea groups is 1. The van der Waals surface area contributed by atoms with Gasteiger partial charge in [-0.1, -0.05) is 23.7 Å². The number of hydrogen-bond acceptors (Lipinski definition) is 3. The van der Waals surface area contributed by atoms with Crippen LogP contribution in [0.5, 0.6) is 0 Å². The lowest BCUT2D eigenvalue weighted by atomic mass is 10.3. The molecule has 0 spiro atoms. The molecule has 0 bridgehead atoms. The zero-order valence-electron chi connectivity index (χ0n) is 10.6. The van der Waals surface area contributed by atoms with Crippen LogP contribution in [0.1, 0.15) is 10.5 Å². The zero-order chi connectivity index (χ0) is 14.7. The third kappa shape index (κ3) is 3.07. The topological polar surface area (TPSA) is 102 Å². The second-order valence-electron chi connectivity index (χ2n) is 3.99. The van der Waals surface area contributed by atoms with Gasteiger partial charge in [0, 0.05) is 13.2 Å². The van der Waals surface area contributed by atoms with Crippen molar-refractivity contribution >= 4 is 34.9 Å². The molecule has 0 unspecified atom stereocenters. The van der Waals surface area contributed by atoms with E-state index in [0.29, 0.717) is 10.7 Å². The lowest BCUT2D eigenvalue weighted by molar-refractivity contribution is 0.0995. The number of nitrogens with one attached hydrogen (secondary N) is 2. The van der Waals surface area contributed by atoms with Crippen LogP contribution >= 0.6 is 11.6 Å². The quantitative estimate of drug-likeness (QED) is 0.804. The van der Waals surface area contributed by atoms with E-state index in [1.807, 2.05) is 0 Å². The van der Waals surface area contributed by atoms with Crippen LogP contribution in [-0.4, -0.2) is 21.7 Å². The fourth-order valence-corrected chi connectivity index (χ4v) is 1.78. The molecule has 7 nitrogen and oxygen atoms in total. The first-order valence-corrected chi connectivity index (χ1v) is 6.01. The summed E-state index contributed by atoms with van der Waals surface area (Å²) >= 11 is 5.92. The van der Waals surface area contributed by atoms with Crippen molar-refractivity contribution < 1.29 is 9.59 Å². The van der Waals surface area contributed by atoms with Crippen molar-refractivity contribution in [2.45, 2.75) is 0 Å². The summed E-state index contributed by atoms with van der Waals surface area (Å²) in [6.07, 6.45) is 1.48. The number of carbonyl (C=O) groups is 2. The van der Waals surface area contributed by atoms with E-state index >= 15 is 0 Å². The van der Waals surface area contributed by atoms with E-state index in [4.69, 9.17) is 17.3 Å². The number of hydrogen-bond donors (Lipinski definition) is 3. The standard InChI is InChI=1S/C12H12ClN5O2/c1-18-6-9(10(17-18)11(14)19)16-12(20)15-8-5-3-2-4-7(8)13/h2-6H,1H3,(H2,14,19)(H2,15,16,20). The van der Waals surface area contributed by atoms with Gasteiger partial charge in [0.05, 0.1) is 16.4 Å². The number of aryl methyl sites for hydroxylation is 1. The summed E-state index contributed by atoms with van der Waals surface area (Å²) in [6, 6.07) is 6.24. The summed E-state index contributed by atoms with van der Waals surface area (Å²) in [6.45, 7) is 0. The second-order valence-corrected chi connectivity index (χ2v) is 4.40. The van der Waals surface area contributed by atoms with E-state index in [-0.39, 0.29) is 11.4 Å². The number of nitrogens with two attached hydrogens (primary N) is 1. The summed E-state index contributed by atoms with van der Waals surface area (Å²) in [7, 11) is 1.61. The Kier molecular flexibility index (Phi) is 3.90. The van der Waals surface area contributed by atoms with E-state index in [1.165, 1.54) is 10.9 Å². The van der Waals surface area contributed by atoms with Gasteiger partial charge in [0.2, 0.25) is 0 Å². The van der Waals surface area contributed by atoms with E-state index in [0.717, 1.165) is 0 Å². The Morgan fingerprint density at radius 1 is 1.25 bits per heavy atom. The fraction of sp³-hybridized carbons (Fsp3) is 0.0833. The Morgan fingerprint density at radius 3 is 2.55 bits per heavy atom. The molecule has 0 fully saturated rings. The largest absolute Gasteiger partial charge is 0.364 e. The lowest BCUT2D eigenvalue weighted by Crippen LogP contribution is -2.22. The Balaban J connectivity index is 2.13. The highest BCUT2D eigenvalue weighted by Gasteiger charge is 2.15. The molecule has 3 amide bonds. The molecule has 0 aliphatic carbocycles. The van der Waals surface area contributed by atoms with Gasteiger partial charge in [0.1, 0.15) is 0 Å². The van der Waals surface area contributed by atoms with Crippen LogP contribution in [0.25, 0.3) is 0 Å².